The monoisotopic (exact) mass is 698 g/mol. The van der Waals surface area contributed by atoms with Crippen LogP contribution < -0.4 is 0 Å². The van der Waals surface area contributed by atoms with Crippen LogP contribution in [0.4, 0.5) is 0 Å². The number of aryl methyl sites for hydroxylation is 3. The largest absolute Gasteiger partial charge is 0.317 e. The van der Waals surface area contributed by atoms with Gasteiger partial charge in [-0.05, 0) is 137 Å². The Morgan fingerprint density at radius 2 is 1.02 bits per heavy atom. The van der Waals surface area contributed by atoms with Gasteiger partial charge in [0.15, 0.2) is 0 Å². The predicted molar refractivity (Wildman–Crippen MR) is 227 cm³/mol. The summed E-state index contributed by atoms with van der Waals surface area (Å²) in [5.41, 5.74) is 21.3. The third-order valence-electron chi connectivity index (χ3n) is 11.5. The van der Waals surface area contributed by atoms with Crippen molar-refractivity contribution < 1.29 is 0 Å². The van der Waals surface area contributed by atoms with Gasteiger partial charge >= 0.3 is 0 Å². The van der Waals surface area contributed by atoms with E-state index in [0.717, 1.165) is 53.6 Å². The van der Waals surface area contributed by atoms with Crippen LogP contribution >= 0.6 is 0 Å². The van der Waals surface area contributed by atoms with Crippen LogP contribution in [0.3, 0.4) is 0 Å². The number of nitrogens with zero attached hydrogens (tertiary/aromatic N) is 4. The number of hydrogen-bond acceptors (Lipinski definition) is 2. The highest BCUT2D eigenvalue weighted by Crippen LogP contribution is 2.40. The molecule has 0 bridgehead atoms. The molecule has 0 fully saturated rings. The molecule has 0 saturated heterocycles. The second kappa shape index (κ2) is 12.7. The van der Waals surface area contributed by atoms with Gasteiger partial charge in [0.25, 0.3) is 0 Å². The van der Waals surface area contributed by atoms with E-state index in [2.05, 4.69) is 146 Å². The topological polar surface area (TPSA) is 35.6 Å². The fraction of sp³-hybridized carbons (Fsp3) is 0.160. The van der Waals surface area contributed by atoms with E-state index in [4.69, 9.17) is 9.97 Å². The van der Waals surface area contributed by atoms with E-state index >= 15 is 0 Å². The number of allylic oxidation sites excluding steroid dienone is 5. The molecule has 54 heavy (non-hydrogen) atoms. The van der Waals surface area contributed by atoms with E-state index < -0.39 is 0 Å². The molecule has 0 N–H and O–H groups in total. The number of hydrogen-bond donors (Lipinski definition) is 0. The molecule has 0 aliphatic heterocycles. The first kappa shape index (κ1) is 32.4. The summed E-state index contributed by atoms with van der Waals surface area (Å²) in [7, 11) is 0. The number of rotatable bonds is 5. The van der Waals surface area contributed by atoms with Gasteiger partial charge in [0, 0.05) is 80.3 Å². The minimum Gasteiger partial charge on any atom is -0.317 e. The molecule has 4 aromatic carbocycles. The SMILES string of the molecule is CC1=Cc2c(n(C3=CC=C(c4cncc(-c5cncc(-c6ccc(-n7c8ccc(C)cc8c8cc(C)ccc87)cc6)c5)c4)CC3)c3ccc(C)cc23)CC1. The average Bonchev–Trinajstić information content (AvgIpc) is 3.69. The highest BCUT2D eigenvalue weighted by molar-refractivity contribution is 6.09. The molecule has 4 heterocycles. The van der Waals surface area contributed by atoms with Gasteiger partial charge in [0.1, 0.15) is 0 Å². The van der Waals surface area contributed by atoms with Crippen molar-refractivity contribution >= 4 is 50.1 Å². The van der Waals surface area contributed by atoms with Crippen molar-refractivity contribution in [2.24, 2.45) is 0 Å². The summed E-state index contributed by atoms with van der Waals surface area (Å²) in [6, 6.07) is 33.8. The Hall–Kier alpha value is -6.26. The van der Waals surface area contributed by atoms with Gasteiger partial charge in [0.05, 0.1) is 16.6 Å². The van der Waals surface area contributed by atoms with Crippen molar-refractivity contribution in [3.63, 3.8) is 0 Å². The Bertz CT molecular complexity index is 2850. The van der Waals surface area contributed by atoms with Crippen LogP contribution in [-0.2, 0) is 6.42 Å². The smallest absolute Gasteiger partial charge is 0.0541 e. The molecule has 2 aliphatic carbocycles. The molecule has 0 saturated carbocycles. The molecule has 0 radical (unpaired) electrons. The molecule has 4 heteroatoms. The first-order chi connectivity index (χ1) is 26.4. The fourth-order valence-corrected chi connectivity index (χ4v) is 8.77. The molecule has 0 amide bonds. The lowest BCUT2D eigenvalue weighted by Crippen LogP contribution is -2.08. The van der Waals surface area contributed by atoms with Crippen molar-refractivity contribution in [1.82, 2.24) is 19.1 Å². The van der Waals surface area contributed by atoms with Gasteiger partial charge in [-0.25, -0.2) is 0 Å². The van der Waals surface area contributed by atoms with Crippen molar-refractivity contribution in [2.75, 3.05) is 0 Å². The zero-order chi connectivity index (χ0) is 36.5. The summed E-state index contributed by atoms with van der Waals surface area (Å²) in [4.78, 5) is 9.41. The van der Waals surface area contributed by atoms with Gasteiger partial charge in [-0.15, -0.1) is 0 Å². The highest BCUT2D eigenvalue weighted by Gasteiger charge is 2.22. The molecule has 8 aromatic rings. The minimum atomic E-state index is 0.974. The van der Waals surface area contributed by atoms with E-state index in [-0.39, 0.29) is 0 Å². The first-order valence-electron chi connectivity index (χ1n) is 19.1. The van der Waals surface area contributed by atoms with Crippen LogP contribution in [-0.4, -0.2) is 19.1 Å². The number of pyridine rings is 2. The van der Waals surface area contributed by atoms with E-state index in [1.54, 1.807) is 0 Å². The summed E-state index contributed by atoms with van der Waals surface area (Å²) in [6.07, 6.45) is 19.1. The molecule has 4 nitrogen and oxygen atoms in total. The van der Waals surface area contributed by atoms with Crippen LogP contribution in [0.2, 0.25) is 0 Å². The maximum atomic E-state index is 4.72. The van der Waals surface area contributed by atoms with Crippen LogP contribution in [0.15, 0.2) is 134 Å². The standard InChI is InChI=1S/C50H42N4/c1-31-5-17-47-43(21-31)44-22-32(2)6-18-48(44)53(47)41-13-9-35(10-14-41)37-25-39(29-51-27-37)40-26-38(28-52-30-40)36-11-15-42(16-12-36)54-49-19-7-33(3)23-45(49)46-24-34(4)8-20-50(46)54/h5-7,9-11,13-15,17-19,21-30H,8,12,16,20H2,1-4H3. The third-order valence-corrected chi connectivity index (χ3v) is 11.5. The Labute approximate surface area is 316 Å². The zero-order valence-corrected chi connectivity index (χ0v) is 31.3. The lowest BCUT2D eigenvalue weighted by atomic mass is 9.94. The molecule has 262 valence electrons. The summed E-state index contributed by atoms with van der Waals surface area (Å²) >= 11 is 0. The Kier molecular flexibility index (Phi) is 7.62. The molecule has 0 atom stereocenters. The first-order valence-corrected chi connectivity index (χ1v) is 19.1. The van der Waals surface area contributed by atoms with E-state index in [0.29, 0.717) is 0 Å². The predicted octanol–water partition coefficient (Wildman–Crippen LogP) is 12.9. The quantitative estimate of drug-likeness (QED) is 0.179. The van der Waals surface area contributed by atoms with Crippen molar-refractivity contribution in [3.8, 4) is 27.9 Å². The van der Waals surface area contributed by atoms with E-state index in [1.807, 2.05) is 24.8 Å². The van der Waals surface area contributed by atoms with Crippen molar-refractivity contribution in [2.45, 2.75) is 53.4 Å². The molecule has 4 aromatic heterocycles. The summed E-state index contributed by atoms with van der Waals surface area (Å²) in [6.45, 7) is 8.78. The molecule has 2 aliphatic rings. The Morgan fingerprint density at radius 3 is 1.63 bits per heavy atom. The second-order valence-corrected chi connectivity index (χ2v) is 15.4. The van der Waals surface area contributed by atoms with Crippen LogP contribution in [0.25, 0.3) is 78.0 Å². The van der Waals surface area contributed by atoms with Gasteiger partial charge < -0.3 is 9.13 Å². The number of fused-ring (bicyclic) bond motifs is 6. The Morgan fingerprint density at radius 1 is 0.463 bits per heavy atom. The van der Waals surface area contributed by atoms with Gasteiger partial charge in [0.2, 0.25) is 0 Å². The van der Waals surface area contributed by atoms with Gasteiger partial charge in [-0.3, -0.25) is 9.97 Å². The van der Waals surface area contributed by atoms with Crippen LogP contribution in [0.5, 0.6) is 0 Å². The van der Waals surface area contributed by atoms with Crippen molar-refractivity contribution in [3.05, 3.63) is 167 Å². The number of aromatic nitrogens is 4. The highest BCUT2D eigenvalue weighted by atomic mass is 15.0. The van der Waals surface area contributed by atoms with Crippen molar-refractivity contribution in [1.29, 1.82) is 0 Å². The lowest BCUT2D eigenvalue weighted by molar-refractivity contribution is 0.842. The molecule has 10 rings (SSSR count). The maximum absolute atomic E-state index is 4.72. The van der Waals surface area contributed by atoms with E-state index in [1.165, 1.54) is 83.1 Å². The maximum Gasteiger partial charge on any atom is 0.0541 e. The third kappa shape index (κ3) is 5.44. The van der Waals surface area contributed by atoms with E-state index in [9.17, 15) is 0 Å². The second-order valence-electron chi connectivity index (χ2n) is 15.4. The molecule has 0 unspecified atom stereocenters. The zero-order valence-electron chi connectivity index (χ0n) is 31.3. The summed E-state index contributed by atoms with van der Waals surface area (Å²) in [5.74, 6) is 0. The van der Waals surface area contributed by atoms with Crippen LogP contribution in [0, 0.1) is 20.8 Å². The van der Waals surface area contributed by atoms with Gasteiger partial charge in [-0.2, -0.15) is 0 Å². The summed E-state index contributed by atoms with van der Waals surface area (Å²) < 4.78 is 4.92. The average molecular weight is 699 g/mol. The fourth-order valence-electron chi connectivity index (χ4n) is 8.77. The molecule has 0 spiro atoms. The molecular weight excluding hydrogens is 657 g/mol. The number of benzene rings is 4. The normalized spacial score (nSPS) is 14.3. The lowest BCUT2D eigenvalue weighted by Gasteiger charge is -2.21. The Balaban J connectivity index is 0.949. The van der Waals surface area contributed by atoms with Crippen LogP contribution in [0.1, 0.15) is 59.7 Å². The minimum absolute atomic E-state index is 0.974. The summed E-state index contributed by atoms with van der Waals surface area (Å²) in [5, 5.41) is 3.96. The molecular formula is C50H42N4. The van der Waals surface area contributed by atoms with Gasteiger partial charge in [-0.1, -0.05) is 64.7 Å².